The minimum Gasteiger partial charge on any atom is -0.494 e. The summed E-state index contributed by atoms with van der Waals surface area (Å²) in [5.74, 6) is -1.54. The van der Waals surface area contributed by atoms with Gasteiger partial charge in [0.15, 0.2) is 0 Å². The molecule has 0 saturated heterocycles. The van der Waals surface area contributed by atoms with Crippen molar-refractivity contribution in [3.63, 3.8) is 0 Å². The van der Waals surface area contributed by atoms with E-state index in [0.717, 1.165) is 6.07 Å². The molecule has 0 aliphatic heterocycles. The Morgan fingerprint density at radius 2 is 2.25 bits per heavy atom. The average Bonchev–Trinajstić information content (AvgIpc) is 2.63. The third kappa shape index (κ3) is 1.49. The number of carbonyl (C=O) groups is 1. The lowest BCUT2D eigenvalue weighted by molar-refractivity contribution is 0.0691. The quantitative estimate of drug-likeness (QED) is 0.852. The minimum absolute atomic E-state index is 0.0682. The second-order valence-electron chi connectivity index (χ2n) is 3.15. The number of carboxylic acids is 1. The normalized spacial score (nSPS) is 10.7. The molecule has 4 nitrogen and oxygen atoms in total. The second kappa shape index (κ2) is 3.68. The van der Waals surface area contributed by atoms with Crippen LogP contribution in [-0.2, 0) is 0 Å². The zero-order chi connectivity index (χ0) is 11.9. The van der Waals surface area contributed by atoms with E-state index in [1.54, 1.807) is 0 Å². The number of ether oxygens (including phenoxy) is 1. The molecule has 84 valence electrons. The number of aromatic carboxylic acids is 1. The first-order valence-corrected chi connectivity index (χ1v) is 4.70. The summed E-state index contributed by atoms with van der Waals surface area (Å²) in [6, 6.07) is 2.36. The highest BCUT2D eigenvalue weighted by Crippen LogP contribution is 2.35. The number of H-pyrrole nitrogens is 1. The smallest absolute Gasteiger partial charge is 0.352 e. The molecule has 0 amide bonds. The molecule has 2 rings (SSSR count). The molecule has 0 bridgehead atoms. The van der Waals surface area contributed by atoms with Crippen molar-refractivity contribution >= 4 is 28.5 Å². The molecular formula is C10H7ClFNO3. The van der Waals surface area contributed by atoms with Crippen LogP contribution in [0, 0.1) is 5.82 Å². The predicted octanol–water partition coefficient (Wildman–Crippen LogP) is 2.67. The Bertz CT molecular complexity index is 579. The molecule has 2 aromatic rings. The lowest BCUT2D eigenvalue weighted by Gasteiger charge is -2.04. The van der Waals surface area contributed by atoms with Crippen molar-refractivity contribution in [3.8, 4) is 5.75 Å². The van der Waals surface area contributed by atoms with Crippen LogP contribution in [0.5, 0.6) is 5.75 Å². The van der Waals surface area contributed by atoms with Gasteiger partial charge in [0.1, 0.15) is 17.3 Å². The number of aromatic amines is 1. The first kappa shape index (κ1) is 10.8. The van der Waals surface area contributed by atoms with Crippen LogP contribution in [0.3, 0.4) is 0 Å². The Labute approximate surface area is 94.6 Å². The number of carboxylic acid groups (broad SMARTS) is 1. The molecule has 1 aromatic heterocycles. The first-order chi connectivity index (χ1) is 7.54. The molecule has 16 heavy (non-hydrogen) atoms. The van der Waals surface area contributed by atoms with Crippen molar-refractivity contribution in [2.75, 3.05) is 7.11 Å². The molecule has 0 atom stereocenters. The fourth-order valence-corrected chi connectivity index (χ4v) is 1.80. The monoisotopic (exact) mass is 243 g/mol. The van der Waals surface area contributed by atoms with Gasteiger partial charge in [-0.05, 0) is 12.1 Å². The van der Waals surface area contributed by atoms with Crippen molar-refractivity contribution < 1.29 is 19.0 Å². The Kier molecular flexibility index (Phi) is 2.47. The fraction of sp³-hybridized carbons (Fsp3) is 0.100. The zero-order valence-corrected chi connectivity index (χ0v) is 8.93. The molecule has 6 heteroatoms. The maximum absolute atomic E-state index is 13.5. The number of hydrogen-bond acceptors (Lipinski definition) is 2. The van der Waals surface area contributed by atoms with E-state index >= 15 is 0 Å². The number of halogens is 2. The van der Waals surface area contributed by atoms with Gasteiger partial charge in [-0.3, -0.25) is 0 Å². The van der Waals surface area contributed by atoms with Crippen molar-refractivity contribution in [3.05, 3.63) is 28.7 Å². The van der Waals surface area contributed by atoms with Crippen molar-refractivity contribution in [2.45, 2.75) is 0 Å². The van der Waals surface area contributed by atoms with E-state index in [2.05, 4.69) is 4.98 Å². The molecule has 0 fully saturated rings. The van der Waals surface area contributed by atoms with E-state index in [0.29, 0.717) is 5.39 Å². The highest BCUT2D eigenvalue weighted by atomic mass is 35.5. The average molecular weight is 244 g/mol. The van der Waals surface area contributed by atoms with E-state index < -0.39 is 11.8 Å². The summed E-state index contributed by atoms with van der Waals surface area (Å²) < 4.78 is 18.5. The SMILES string of the molecule is COc1c(Cl)cc(F)c2[nH]c(C(=O)O)cc12. The minimum atomic E-state index is -1.17. The van der Waals surface area contributed by atoms with E-state index in [-0.39, 0.29) is 22.0 Å². The van der Waals surface area contributed by atoms with Gasteiger partial charge < -0.3 is 14.8 Å². The maximum Gasteiger partial charge on any atom is 0.352 e. The van der Waals surface area contributed by atoms with Crippen LogP contribution in [0.25, 0.3) is 10.9 Å². The van der Waals surface area contributed by atoms with E-state index in [9.17, 15) is 9.18 Å². The molecule has 1 aromatic carbocycles. The topological polar surface area (TPSA) is 62.3 Å². The van der Waals surface area contributed by atoms with Crippen molar-refractivity contribution in [2.24, 2.45) is 0 Å². The largest absolute Gasteiger partial charge is 0.494 e. The summed E-state index contributed by atoms with van der Waals surface area (Å²) >= 11 is 5.77. The molecule has 1 heterocycles. The molecule has 0 aliphatic rings. The molecule has 2 N–H and O–H groups in total. The number of aromatic nitrogens is 1. The Balaban J connectivity index is 2.83. The van der Waals surface area contributed by atoms with Gasteiger partial charge in [0.05, 0.1) is 17.6 Å². The fourth-order valence-electron chi connectivity index (χ4n) is 1.52. The summed E-state index contributed by atoms with van der Waals surface area (Å²) in [5.41, 5.74) is -0.0480. The summed E-state index contributed by atoms with van der Waals surface area (Å²) in [4.78, 5) is 13.2. The van der Waals surface area contributed by atoms with Crippen LogP contribution in [0.2, 0.25) is 5.02 Å². The number of benzene rings is 1. The number of methoxy groups -OCH3 is 1. The highest BCUT2D eigenvalue weighted by Gasteiger charge is 2.16. The van der Waals surface area contributed by atoms with Crippen LogP contribution in [0.15, 0.2) is 12.1 Å². The van der Waals surface area contributed by atoms with Crippen molar-refractivity contribution in [1.29, 1.82) is 0 Å². The van der Waals surface area contributed by atoms with Gasteiger partial charge >= 0.3 is 5.97 Å². The summed E-state index contributed by atoms with van der Waals surface area (Å²) in [7, 11) is 1.38. The van der Waals surface area contributed by atoms with E-state index in [1.165, 1.54) is 13.2 Å². The van der Waals surface area contributed by atoms with Crippen LogP contribution < -0.4 is 4.74 Å². The second-order valence-corrected chi connectivity index (χ2v) is 3.56. The molecular weight excluding hydrogens is 237 g/mol. The number of fused-ring (bicyclic) bond motifs is 1. The molecule has 0 saturated carbocycles. The summed E-state index contributed by atoms with van der Waals surface area (Å²) in [5, 5.41) is 9.19. The van der Waals surface area contributed by atoms with Crippen LogP contribution in [0.4, 0.5) is 4.39 Å². The first-order valence-electron chi connectivity index (χ1n) is 4.32. The van der Waals surface area contributed by atoms with Crippen molar-refractivity contribution in [1.82, 2.24) is 4.98 Å². The van der Waals surface area contributed by atoms with Crippen LogP contribution in [-0.4, -0.2) is 23.2 Å². The molecule has 0 aliphatic carbocycles. The summed E-state index contributed by atoms with van der Waals surface area (Å²) in [6.07, 6.45) is 0. The lowest BCUT2D eigenvalue weighted by atomic mass is 10.2. The number of rotatable bonds is 2. The standard InChI is InChI=1S/C10H7ClFNO3/c1-16-9-4-2-7(10(14)15)13-8(4)6(12)3-5(9)11/h2-3,13H,1H3,(H,14,15). The number of hydrogen-bond donors (Lipinski definition) is 2. The third-order valence-electron chi connectivity index (χ3n) is 2.21. The number of nitrogens with one attached hydrogen (secondary N) is 1. The van der Waals surface area contributed by atoms with E-state index in [1.807, 2.05) is 0 Å². The Morgan fingerprint density at radius 1 is 1.56 bits per heavy atom. The highest BCUT2D eigenvalue weighted by molar-refractivity contribution is 6.33. The van der Waals surface area contributed by atoms with Gasteiger partial charge in [0.2, 0.25) is 0 Å². The van der Waals surface area contributed by atoms with Gasteiger partial charge in [-0.1, -0.05) is 11.6 Å². The Hall–Kier alpha value is -1.75. The van der Waals surface area contributed by atoms with Gasteiger partial charge in [-0.15, -0.1) is 0 Å². The third-order valence-corrected chi connectivity index (χ3v) is 2.49. The van der Waals surface area contributed by atoms with Crippen LogP contribution in [0.1, 0.15) is 10.5 Å². The zero-order valence-electron chi connectivity index (χ0n) is 8.17. The van der Waals surface area contributed by atoms with Crippen LogP contribution >= 0.6 is 11.6 Å². The van der Waals surface area contributed by atoms with Gasteiger partial charge in [0.25, 0.3) is 0 Å². The molecule has 0 radical (unpaired) electrons. The van der Waals surface area contributed by atoms with Gasteiger partial charge in [-0.25, -0.2) is 9.18 Å². The molecule has 0 spiro atoms. The van der Waals surface area contributed by atoms with Gasteiger partial charge in [-0.2, -0.15) is 0 Å². The Morgan fingerprint density at radius 3 is 2.81 bits per heavy atom. The molecule has 0 unspecified atom stereocenters. The van der Waals surface area contributed by atoms with E-state index in [4.69, 9.17) is 21.4 Å². The van der Waals surface area contributed by atoms with Gasteiger partial charge in [0, 0.05) is 5.39 Å². The maximum atomic E-state index is 13.5. The summed E-state index contributed by atoms with van der Waals surface area (Å²) in [6.45, 7) is 0. The predicted molar refractivity (Wildman–Crippen MR) is 56.8 cm³/mol. The lowest BCUT2D eigenvalue weighted by Crippen LogP contribution is -1.95.